The quantitative estimate of drug-likeness (QED) is 0.701. The van der Waals surface area contributed by atoms with E-state index >= 15 is 0 Å². The lowest BCUT2D eigenvalue weighted by atomic mass is 10.2. The van der Waals surface area contributed by atoms with Crippen LogP contribution in [0.2, 0.25) is 0 Å². The summed E-state index contributed by atoms with van der Waals surface area (Å²) in [4.78, 5) is 0. The second-order valence-corrected chi connectivity index (χ2v) is 2.99. The van der Waals surface area contributed by atoms with Crippen LogP contribution in [0.3, 0.4) is 0 Å². The van der Waals surface area contributed by atoms with Crippen LogP contribution in [-0.4, -0.2) is 13.2 Å². The summed E-state index contributed by atoms with van der Waals surface area (Å²) < 4.78 is 5.51. The largest absolute Gasteiger partial charge is 0.494 e. The van der Waals surface area contributed by atoms with E-state index in [1.54, 1.807) is 0 Å². The molecule has 0 aliphatic heterocycles. The number of hydrogen-bond acceptors (Lipinski definition) is 2. The summed E-state index contributed by atoms with van der Waals surface area (Å²) in [7, 11) is 0. The first-order valence-corrected chi connectivity index (χ1v) is 4.78. The van der Waals surface area contributed by atoms with Gasteiger partial charge in [0.05, 0.1) is 6.61 Å². The van der Waals surface area contributed by atoms with E-state index < -0.39 is 0 Å². The number of benzene rings is 1. The highest BCUT2D eigenvalue weighted by Gasteiger charge is 1.94. The van der Waals surface area contributed by atoms with Crippen LogP contribution in [0.25, 0.3) is 0 Å². The molecule has 13 heavy (non-hydrogen) atoms. The van der Waals surface area contributed by atoms with Crippen molar-refractivity contribution in [3.05, 3.63) is 29.8 Å². The van der Waals surface area contributed by atoms with Gasteiger partial charge < -0.3 is 10.5 Å². The zero-order valence-electron chi connectivity index (χ0n) is 8.12. The van der Waals surface area contributed by atoms with Crippen LogP contribution in [0.4, 0.5) is 0 Å². The molecule has 0 fully saturated rings. The van der Waals surface area contributed by atoms with Gasteiger partial charge >= 0.3 is 0 Å². The van der Waals surface area contributed by atoms with Gasteiger partial charge in [-0.25, -0.2) is 0 Å². The molecule has 0 saturated carbocycles. The fourth-order valence-corrected chi connectivity index (χ4v) is 1.13. The molecule has 0 saturated heterocycles. The minimum absolute atomic E-state index is 0.688. The van der Waals surface area contributed by atoms with Crippen LogP contribution < -0.4 is 10.5 Å². The second-order valence-electron chi connectivity index (χ2n) is 2.99. The zero-order chi connectivity index (χ0) is 9.52. The van der Waals surface area contributed by atoms with E-state index in [0.717, 1.165) is 18.6 Å². The maximum Gasteiger partial charge on any atom is 0.119 e. The average molecular weight is 179 g/mol. The minimum Gasteiger partial charge on any atom is -0.494 e. The van der Waals surface area contributed by atoms with Crippen LogP contribution in [-0.2, 0) is 6.42 Å². The number of ether oxygens (including phenoxy) is 1. The molecule has 1 aromatic rings. The molecule has 2 nitrogen and oxygen atoms in total. The Balaban J connectivity index is 2.46. The fourth-order valence-electron chi connectivity index (χ4n) is 1.13. The maximum absolute atomic E-state index is 5.51. The summed E-state index contributed by atoms with van der Waals surface area (Å²) >= 11 is 0. The highest BCUT2D eigenvalue weighted by molar-refractivity contribution is 5.28. The van der Waals surface area contributed by atoms with Crippen molar-refractivity contribution < 1.29 is 4.74 Å². The van der Waals surface area contributed by atoms with Gasteiger partial charge in [0.25, 0.3) is 0 Å². The van der Waals surface area contributed by atoms with Gasteiger partial charge in [0.2, 0.25) is 0 Å². The molecule has 0 spiro atoms. The summed E-state index contributed by atoms with van der Waals surface area (Å²) in [5, 5.41) is 0. The van der Waals surface area contributed by atoms with Gasteiger partial charge in [0.1, 0.15) is 5.75 Å². The number of aryl methyl sites for hydroxylation is 1. The van der Waals surface area contributed by atoms with Gasteiger partial charge in [-0.05, 0) is 37.1 Å². The number of hydrogen-bond donors (Lipinski definition) is 1. The van der Waals surface area contributed by atoms with Gasteiger partial charge in [-0.15, -0.1) is 0 Å². The van der Waals surface area contributed by atoms with Crippen molar-refractivity contribution in [2.45, 2.75) is 19.8 Å². The molecule has 2 N–H and O–H groups in total. The van der Waals surface area contributed by atoms with Gasteiger partial charge in [0, 0.05) is 0 Å². The highest BCUT2D eigenvalue weighted by Crippen LogP contribution is 2.13. The SMILES string of the molecule is CCc1cccc(OCCCN)c1. The van der Waals surface area contributed by atoms with Crippen molar-refractivity contribution in [3.63, 3.8) is 0 Å². The summed E-state index contributed by atoms with van der Waals surface area (Å²) in [6.07, 6.45) is 1.96. The van der Waals surface area contributed by atoms with Gasteiger partial charge in [0.15, 0.2) is 0 Å². The van der Waals surface area contributed by atoms with E-state index in [2.05, 4.69) is 19.1 Å². The average Bonchev–Trinajstić information content (AvgIpc) is 2.19. The lowest BCUT2D eigenvalue weighted by Gasteiger charge is -2.06. The Hall–Kier alpha value is -1.02. The monoisotopic (exact) mass is 179 g/mol. The second kappa shape index (κ2) is 5.60. The normalized spacial score (nSPS) is 10.0. The minimum atomic E-state index is 0.688. The molecule has 0 aliphatic carbocycles. The predicted molar refractivity (Wildman–Crippen MR) is 55.0 cm³/mol. The van der Waals surface area contributed by atoms with Crippen LogP contribution >= 0.6 is 0 Å². The Kier molecular flexibility index (Phi) is 4.33. The smallest absolute Gasteiger partial charge is 0.119 e. The fraction of sp³-hybridized carbons (Fsp3) is 0.455. The van der Waals surface area contributed by atoms with E-state index in [-0.39, 0.29) is 0 Å². The topological polar surface area (TPSA) is 35.2 Å². The van der Waals surface area contributed by atoms with Crippen molar-refractivity contribution >= 4 is 0 Å². The molecule has 0 heterocycles. The molecule has 2 heteroatoms. The third-order valence-corrected chi connectivity index (χ3v) is 1.92. The first-order valence-electron chi connectivity index (χ1n) is 4.78. The van der Waals surface area contributed by atoms with Crippen LogP contribution in [0.5, 0.6) is 5.75 Å². The molecule has 0 unspecified atom stereocenters. The molecule has 72 valence electrons. The summed E-state index contributed by atoms with van der Waals surface area (Å²) in [6, 6.07) is 8.19. The molecule has 0 amide bonds. The summed E-state index contributed by atoms with van der Waals surface area (Å²) in [5.41, 5.74) is 6.68. The van der Waals surface area contributed by atoms with Crippen LogP contribution in [0.15, 0.2) is 24.3 Å². The van der Waals surface area contributed by atoms with E-state index in [9.17, 15) is 0 Å². The first-order chi connectivity index (χ1) is 6.36. The Labute approximate surface area is 79.7 Å². The number of nitrogens with two attached hydrogens (primary N) is 1. The number of rotatable bonds is 5. The van der Waals surface area contributed by atoms with Gasteiger partial charge in [-0.3, -0.25) is 0 Å². The van der Waals surface area contributed by atoms with Crippen LogP contribution in [0, 0.1) is 0 Å². The third kappa shape index (κ3) is 3.47. The van der Waals surface area contributed by atoms with E-state index in [1.165, 1.54) is 5.56 Å². The van der Waals surface area contributed by atoms with Crippen molar-refractivity contribution in [1.82, 2.24) is 0 Å². The zero-order valence-corrected chi connectivity index (χ0v) is 8.12. The molecule has 0 aliphatic rings. The molecule has 1 aromatic carbocycles. The van der Waals surface area contributed by atoms with E-state index in [0.29, 0.717) is 13.2 Å². The molecular formula is C11H17NO. The predicted octanol–water partition coefficient (Wildman–Crippen LogP) is 1.98. The van der Waals surface area contributed by atoms with Crippen molar-refractivity contribution in [1.29, 1.82) is 0 Å². The van der Waals surface area contributed by atoms with Gasteiger partial charge in [-0.1, -0.05) is 19.1 Å². The summed E-state index contributed by atoms with van der Waals surface area (Å²) in [5.74, 6) is 0.952. The molecule has 0 radical (unpaired) electrons. The summed E-state index contributed by atoms with van der Waals surface area (Å²) in [6.45, 7) is 3.54. The Morgan fingerprint density at radius 3 is 2.92 bits per heavy atom. The van der Waals surface area contributed by atoms with Crippen molar-refractivity contribution in [3.8, 4) is 5.75 Å². The van der Waals surface area contributed by atoms with Crippen molar-refractivity contribution in [2.24, 2.45) is 5.73 Å². The molecule has 1 rings (SSSR count). The molecule has 0 atom stereocenters. The molecule has 0 bridgehead atoms. The van der Waals surface area contributed by atoms with E-state index in [4.69, 9.17) is 10.5 Å². The first kappa shape index (κ1) is 10.1. The standard InChI is InChI=1S/C11H17NO/c1-2-10-5-3-6-11(9-10)13-8-4-7-12/h3,5-6,9H,2,4,7-8,12H2,1H3. The lowest BCUT2D eigenvalue weighted by Crippen LogP contribution is -2.06. The molecular weight excluding hydrogens is 162 g/mol. The Bertz CT molecular complexity index is 248. The molecule has 0 aromatic heterocycles. The maximum atomic E-state index is 5.51. The van der Waals surface area contributed by atoms with Crippen LogP contribution in [0.1, 0.15) is 18.9 Å². The van der Waals surface area contributed by atoms with E-state index in [1.807, 2.05) is 12.1 Å². The third-order valence-electron chi connectivity index (χ3n) is 1.92. The highest BCUT2D eigenvalue weighted by atomic mass is 16.5. The lowest BCUT2D eigenvalue weighted by molar-refractivity contribution is 0.313. The Morgan fingerprint density at radius 1 is 1.38 bits per heavy atom. The van der Waals surface area contributed by atoms with Crippen molar-refractivity contribution in [2.75, 3.05) is 13.2 Å². The van der Waals surface area contributed by atoms with Gasteiger partial charge in [-0.2, -0.15) is 0 Å². The Morgan fingerprint density at radius 2 is 2.23 bits per heavy atom.